The van der Waals surface area contributed by atoms with Crippen molar-refractivity contribution in [1.29, 1.82) is 0 Å². The standard InChI is InChI=1S/C23H26N2O3/c26-21(24-11-5-2-6-12-24)18(13-15-7-3-1-4-8-15)25-22(27)19-16-9-10-17(14-16)20(19)23(25)28/h1,3-4,7-10,16-20H,2,5-6,11-14H2/t16-,17-,18+,19-,20+/m1/s1. The van der Waals surface area contributed by atoms with Crippen LogP contribution in [0.1, 0.15) is 31.2 Å². The average Bonchev–Trinajstić information content (AvgIpc) is 3.41. The van der Waals surface area contributed by atoms with E-state index >= 15 is 0 Å². The van der Waals surface area contributed by atoms with Crippen molar-refractivity contribution < 1.29 is 14.4 Å². The molecule has 0 radical (unpaired) electrons. The molecule has 2 aliphatic carbocycles. The van der Waals surface area contributed by atoms with Crippen LogP contribution in [-0.2, 0) is 20.8 Å². The Hall–Kier alpha value is -2.43. The van der Waals surface area contributed by atoms with Crippen molar-refractivity contribution in [2.24, 2.45) is 23.7 Å². The van der Waals surface area contributed by atoms with E-state index < -0.39 is 6.04 Å². The number of carbonyl (C=O) groups is 3. The Labute approximate surface area is 165 Å². The molecule has 5 nitrogen and oxygen atoms in total. The van der Waals surface area contributed by atoms with E-state index in [0.29, 0.717) is 6.42 Å². The number of hydrogen-bond donors (Lipinski definition) is 0. The Morgan fingerprint density at radius 2 is 1.54 bits per heavy atom. The predicted molar refractivity (Wildman–Crippen MR) is 104 cm³/mol. The van der Waals surface area contributed by atoms with Gasteiger partial charge in [-0.1, -0.05) is 42.5 Å². The summed E-state index contributed by atoms with van der Waals surface area (Å²) in [4.78, 5) is 43.3. The van der Waals surface area contributed by atoms with Crippen LogP contribution in [0.15, 0.2) is 42.5 Å². The highest BCUT2D eigenvalue weighted by Crippen LogP contribution is 2.53. The summed E-state index contributed by atoms with van der Waals surface area (Å²) < 4.78 is 0. The Morgan fingerprint density at radius 1 is 0.929 bits per heavy atom. The van der Waals surface area contributed by atoms with Crippen LogP contribution in [-0.4, -0.2) is 46.7 Å². The summed E-state index contributed by atoms with van der Waals surface area (Å²) in [5, 5.41) is 0. The molecule has 28 heavy (non-hydrogen) atoms. The summed E-state index contributed by atoms with van der Waals surface area (Å²) in [6.07, 6.45) is 8.61. The highest BCUT2D eigenvalue weighted by atomic mass is 16.2. The van der Waals surface area contributed by atoms with Gasteiger partial charge in [0.1, 0.15) is 6.04 Å². The summed E-state index contributed by atoms with van der Waals surface area (Å²) >= 11 is 0. The normalized spacial score (nSPS) is 32.1. The molecule has 5 atom stereocenters. The molecular formula is C23H26N2O3. The molecule has 2 aliphatic heterocycles. The number of piperidine rings is 1. The van der Waals surface area contributed by atoms with E-state index in [1.807, 2.05) is 35.2 Å². The largest absolute Gasteiger partial charge is 0.341 e. The van der Waals surface area contributed by atoms with Crippen LogP contribution in [0.5, 0.6) is 0 Å². The minimum Gasteiger partial charge on any atom is -0.341 e. The summed E-state index contributed by atoms with van der Waals surface area (Å²) in [7, 11) is 0. The molecular weight excluding hydrogens is 352 g/mol. The number of carbonyl (C=O) groups excluding carboxylic acids is 3. The summed E-state index contributed by atoms with van der Waals surface area (Å²) in [5.41, 5.74) is 0.983. The average molecular weight is 378 g/mol. The van der Waals surface area contributed by atoms with Gasteiger partial charge in [0.2, 0.25) is 17.7 Å². The van der Waals surface area contributed by atoms with Crippen molar-refractivity contribution >= 4 is 17.7 Å². The van der Waals surface area contributed by atoms with Crippen LogP contribution in [0.25, 0.3) is 0 Å². The number of imide groups is 1. The quantitative estimate of drug-likeness (QED) is 0.597. The first kappa shape index (κ1) is 17.7. The van der Waals surface area contributed by atoms with E-state index in [9.17, 15) is 14.4 Å². The zero-order chi connectivity index (χ0) is 19.3. The number of amides is 3. The van der Waals surface area contributed by atoms with Crippen LogP contribution < -0.4 is 0 Å². The highest BCUT2D eigenvalue weighted by Gasteiger charge is 2.61. The molecule has 3 amide bonds. The smallest absolute Gasteiger partial charge is 0.246 e. The van der Waals surface area contributed by atoms with Crippen molar-refractivity contribution in [2.75, 3.05) is 13.1 Å². The second kappa shape index (κ2) is 6.87. The van der Waals surface area contributed by atoms with Crippen LogP contribution in [0, 0.1) is 23.7 Å². The number of rotatable bonds is 4. The molecule has 1 aromatic rings. The van der Waals surface area contributed by atoms with Gasteiger partial charge in [-0.2, -0.15) is 0 Å². The van der Waals surface area contributed by atoms with E-state index in [-0.39, 0.29) is 41.4 Å². The van der Waals surface area contributed by atoms with Crippen LogP contribution >= 0.6 is 0 Å². The minimum absolute atomic E-state index is 0.0643. The highest BCUT2D eigenvalue weighted by molar-refractivity contribution is 6.09. The molecule has 1 saturated carbocycles. The number of likely N-dealkylation sites (tertiary alicyclic amines) is 2. The van der Waals surface area contributed by atoms with Gasteiger partial charge in [-0.15, -0.1) is 0 Å². The van der Waals surface area contributed by atoms with Crippen LogP contribution in [0.2, 0.25) is 0 Å². The maximum atomic E-state index is 13.4. The topological polar surface area (TPSA) is 57.7 Å². The minimum atomic E-state index is -0.717. The lowest BCUT2D eigenvalue weighted by Crippen LogP contribution is -2.53. The molecule has 146 valence electrons. The molecule has 0 spiro atoms. The third kappa shape index (κ3) is 2.71. The van der Waals surface area contributed by atoms with E-state index in [4.69, 9.17) is 0 Å². The van der Waals surface area contributed by atoms with Gasteiger partial charge in [0.25, 0.3) is 0 Å². The van der Waals surface area contributed by atoms with Gasteiger partial charge < -0.3 is 4.90 Å². The van der Waals surface area contributed by atoms with Gasteiger partial charge in [-0.05, 0) is 43.1 Å². The predicted octanol–water partition coefficient (Wildman–Crippen LogP) is 2.42. The maximum Gasteiger partial charge on any atom is 0.246 e. The van der Waals surface area contributed by atoms with Gasteiger partial charge in [0, 0.05) is 19.5 Å². The van der Waals surface area contributed by atoms with Gasteiger partial charge in [-0.25, -0.2) is 0 Å². The van der Waals surface area contributed by atoms with E-state index in [2.05, 4.69) is 12.2 Å². The molecule has 0 N–H and O–H groups in total. The molecule has 2 bridgehead atoms. The monoisotopic (exact) mass is 378 g/mol. The Balaban J connectivity index is 1.46. The van der Waals surface area contributed by atoms with Crippen molar-refractivity contribution in [3.8, 4) is 0 Å². The SMILES string of the molecule is O=C([C@H](Cc1ccccc1)N1C(=O)[C@@H]2[C@H](C1=O)[C@@H]1C=C[C@@H]2C1)N1CCCCC1. The first-order valence-electron chi connectivity index (χ1n) is 10.5. The van der Waals surface area contributed by atoms with Gasteiger partial charge in [0.15, 0.2) is 0 Å². The molecule has 2 heterocycles. The second-order valence-electron chi connectivity index (χ2n) is 8.64. The number of benzene rings is 1. The zero-order valence-corrected chi connectivity index (χ0v) is 16.0. The lowest BCUT2D eigenvalue weighted by Gasteiger charge is -2.34. The Bertz CT molecular complexity index is 798. The third-order valence-corrected chi connectivity index (χ3v) is 7.04. The Morgan fingerprint density at radius 3 is 2.14 bits per heavy atom. The molecule has 1 aromatic carbocycles. The van der Waals surface area contributed by atoms with Gasteiger partial charge >= 0.3 is 0 Å². The lowest BCUT2D eigenvalue weighted by molar-refractivity contribution is -0.152. The number of fused-ring (bicyclic) bond motifs is 5. The first-order chi connectivity index (χ1) is 13.6. The number of hydrogen-bond acceptors (Lipinski definition) is 3. The molecule has 0 unspecified atom stereocenters. The first-order valence-corrected chi connectivity index (χ1v) is 10.5. The van der Waals surface area contributed by atoms with Crippen molar-refractivity contribution in [3.05, 3.63) is 48.0 Å². The Kier molecular flexibility index (Phi) is 4.33. The molecule has 4 aliphatic rings. The summed E-state index contributed by atoms with van der Waals surface area (Å²) in [6, 6.07) is 9.02. The van der Waals surface area contributed by atoms with E-state index in [0.717, 1.165) is 44.3 Å². The fraction of sp³-hybridized carbons (Fsp3) is 0.522. The second-order valence-corrected chi connectivity index (χ2v) is 8.64. The van der Waals surface area contributed by atoms with Crippen LogP contribution in [0.4, 0.5) is 0 Å². The molecule has 0 aromatic heterocycles. The molecule has 2 saturated heterocycles. The third-order valence-electron chi connectivity index (χ3n) is 7.04. The van der Waals surface area contributed by atoms with Gasteiger partial charge in [0.05, 0.1) is 11.8 Å². The van der Waals surface area contributed by atoms with Gasteiger partial charge in [-0.3, -0.25) is 19.3 Å². The number of allylic oxidation sites excluding steroid dienone is 2. The number of nitrogens with zero attached hydrogens (tertiary/aromatic N) is 2. The lowest BCUT2D eigenvalue weighted by atomic mass is 9.85. The zero-order valence-electron chi connectivity index (χ0n) is 16.0. The van der Waals surface area contributed by atoms with E-state index in [1.165, 1.54) is 4.90 Å². The molecule has 5 rings (SSSR count). The van der Waals surface area contributed by atoms with E-state index in [1.54, 1.807) is 0 Å². The van der Waals surface area contributed by atoms with Crippen molar-refractivity contribution in [3.63, 3.8) is 0 Å². The maximum absolute atomic E-state index is 13.4. The molecule has 5 heteroatoms. The van der Waals surface area contributed by atoms with Crippen molar-refractivity contribution in [1.82, 2.24) is 9.80 Å². The summed E-state index contributed by atoms with van der Waals surface area (Å²) in [6.45, 7) is 1.44. The summed E-state index contributed by atoms with van der Waals surface area (Å²) in [5.74, 6) is -0.496. The fourth-order valence-corrected chi connectivity index (χ4v) is 5.68. The fourth-order valence-electron chi connectivity index (χ4n) is 5.68. The molecule has 3 fully saturated rings. The van der Waals surface area contributed by atoms with Crippen molar-refractivity contribution in [2.45, 2.75) is 38.1 Å². The van der Waals surface area contributed by atoms with Crippen LogP contribution in [0.3, 0.4) is 0 Å².